The second-order valence-electron chi connectivity index (χ2n) is 5.72. The Morgan fingerprint density at radius 3 is 2.38 bits per heavy atom. The normalized spacial score (nSPS) is 10.9. The predicted molar refractivity (Wildman–Crippen MR) is 101 cm³/mol. The maximum atomic E-state index is 4.79. The van der Waals surface area contributed by atoms with Crippen LogP contribution in [0.2, 0.25) is 0 Å². The molecule has 0 aliphatic heterocycles. The fraction of sp³-hybridized carbons (Fsp3) is 0.100. The van der Waals surface area contributed by atoms with Gasteiger partial charge in [-0.1, -0.05) is 48.5 Å². The average Bonchev–Trinajstić information content (AvgIpc) is 2.97. The molecule has 0 saturated heterocycles. The van der Waals surface area contributed by atoms with Crippen LogP contribution in [-0.2, 0) is 6.42 Å². The Kier molecular flexibility index (Phi) is 3.97. The van der Waals surface area contributed by atoms with Crippen LogP contribution in [0.15, 0.2) is 66.7 Å². The van der Waals surface area contributed by atoms with Gasteiger partial charge in [-0.05, 0) is 30.7 Å². The van der Waals surface area contributed by atoms with Crippen LogP contribution in [-0.4, -0.2) is 9.97 Å². The molecule has 0 aliphatic rings. The van der Waals surface area contributed by atoms with Gasteiger partial charge in [0.15, 0.2) is 0 Å². The van der Waals surface area contributed by atoms with E-state index in [0.717, 1.165) is 34.0 Å². The van der Waals surface area contributed by atoms with Crippen molar-refractivity contribution in [2.24, 2.45) is 0 Å². The largest absolute Gasteiger partial charge is 0.340 e. The molecule has 0 bridgehead atoms. The lowest BCUT2D eigenvalue weighted by Gasteiger charge is -2.09. The Balaban J connectivity index is 1.76. The summed E-state index contributed by atoms with van der Waals surface area (Å²) in [4.78, 5) is 11.8. The van der Waals surface area contributed by atoms with Crippen molar-refractivity contribution in [2.45, 2.75) is 13.3 Å². The standard InChI is InChI=1S/C20H17N3S/c1-14-12-17-19(21-16-10-6-3-7-11-16)22-18(23-20(17)24-14)13-15-8-4-2-5-9-15/h2-12H,13H2,1H3,(H,21,22,23). The van der Waals surface area contributed by atoms with E-state index >= 15 is 0 Å². The summed E-state index contributed by atoms with van der Waals surface area (Å²) in [5.74, 6) is 1.72. The average molecular weight is 331 g/mol. The van der Waals surface area contributed by atoms with Gasteiger partial charge in [-0.3, -0.25) is 0 Å². The number of hydrogen-bond donors (Lipinski definition) is 1. The van der Waals surface area contributed by atoms with Gasteiger partial charge < -0.3 is 5.32 Å². The maximum absolute atomic E-state index is 4.79. The molecule has 118 valence electrons. The summed E-state index contributed by atoms with van der Waals surface area (Å²) in [5, 5.41) is 4.52. The molecule has 0 unspecified atom stereocenters. The van der Waals surface area contributed by atoms with E-state index in [1.807, 2.05) is 48.5 Å². The van der Waals surface area contributed by atoms with Crippen molar-refractivity contribution < 1.29 is 0 Å². The molecule has 0 atom stereocenters. The van der Waals surface area contributed by atoms with Crippen LogP contribution in [0.4, 0.5) is 11.5 Å². The van der Waals surface area contributed by atoms with E-state index in [1.54, 1.807) is 11.3 Å². The van der Waals surface area contributed by atoms with Gasteiger partial charge in [-0.25, -0.2) is 9.97 Å². The van der Waals surface area contributed by atoms with Gasteiger partial charge in [-0.15, -0.1) is 11.3 Å². The number of nitrogens with zero attached hydrogens (tertiary/aromatic N) is 2. The zero-order chi connectivity index (χ0) is 16.4. The van der Waals surface area contributed by atoms with Gasteiger partial charge in [-0.2, -0.15) is 0 Å². The smallest absolute Gasteiger partial charge is 0.142 e. The second kappa shape index (κ2) is 6.42. The zero-order valence-corrected chi connectivity index (χ0v) is 14.2. The number of fused-ring (bicyclic) bond motifs is 1. The summed E-state index contributed by atoms with van der Waals surface area (Å²) in [6.45, 7) is 2.11. The Morgan fingerprint density at radius 2 is 1.62 bits per heavy atom. The lowest BCUT2D eigenvalue weighted by atomic mass is 10.1. The van der Waals surface area contributed by atoms with Crippen LogP contribution in [0, 0.1) is 6.92 Å². The summed E-state index contributed by atoms with van der Waals surface area (Å²) in [6.07, 6.45) is 0.733. The third kappa shape index (κ3) is 3.14. The fourth-order valence-corrected chi connectivity index (χ4v) is 3.60. The molecule has 0 spiro atoms. The van der Waals surface area contributed by atoms with Crippen molar-refractivity contribution in [2.75, 3.05) is 5.32 Å². The third-order valence-electron chi connectivity index (χ3n) is 3.80. The van der Waals surface area contributed by atoms with Crippen LogP contribution in [0.25, 0.3) is 10.2 Å². The zero-order valence-electron chi connectivity index (χ0n) is 13.4. The van der Waals surface area contributed by atoms with E-state index in [0.29, 0.717) is 0 Å². The number of hydrogen-bond acceptors (Lipinski definition) is 4. The molecule has 0 saturated carbocycles. The van der Waals surface area contributed by atoms with E-state index in [-0.39, 0.29) is 0 Å². The number of thiophene rings is 1. The van der Waals surface area contributed by atoms with Crippen molar-refractivity contribution in [3.8, 4) is 0 Å². The van der Waals surface area contributed by atoms with E-state index < -0.39 is 0 Å². The fourth-order valence-electron chi connectivity index (χ4n) is 2.70. The van der Waals surface area contributed by atoms with Crippen molar-refractivity contribution in [1.82, 2.24) is 9.97 Å². The number of anilines is 2. The van der Waals surface area contributed by atoms with Gasteiger partial charge in [0.1, 0.15) is 16.5 Å². The van der Waals surface area contributed by atoms with E-state index in [4.69, 9.17) is 9.97 Å². The van der Waals surface area contributed by atoms with Gasteiger partial charge in [0.2, 0.25) is 0 Å². The molecule has 4 aromatic rings. The molecule has 0 radical (unpaired) electrons. The number of rotatable bonds is 4. The van der Waals surface area contributed by atoms with Crippen molar-refractivity contribution in [3.05, 3.63) is 83.0 Å². The quantitative estimate of drug-likeness (QED) is 0.549. The van der Waals surface area contributed by atoms with Gasteiger partial charge in [0.25, 0.3) is 0 Å². The molecule has 1 N–H and O–H groups in total. The molecule has 3 nitrogen and oxygen atoms in total. The van der Waals surface area contributed by atoms with E-state index in [2.05, 4.69) is 30.4 Å². The molecule has 0 fully saturated rings. The molecule has 2 aromatic carbocycles. The van der Waals surface area contributed by atoms with Crippen LogP contribution in [0.3, 0.4) is 0 Å². The minimum atomic E-state index is 0.733. The van der Waals surface area contributed by atoms with Crippen molar-refractivity contribution in [3.63, 3.8) is 0 Å². The first-order valence-corrected chi connectivity index (χ1v) is 8.72. The molecule has 0 amide bonds. The lowest BCUT2D eigenvalue weighted by molar-refractivity contribution is 1.000. The third-order valence-corrected chi connectivity index (χ3v) is 4.75. The first-order chi connectivity index (χ1) is 11.8. The van der Waals surface area contributed by atoms with Crippen LogP contribution >= 0.6 is 11.3 Å². The Hall–Kier alpha value is -2.72. The molecule has 24 heavy (non-hydrogen) atoms. The molecule has 4 rings (SSSR count). The SMILES string of the molecule is Cc1cc2c(Nc3ccccc3)nc(Cc3ccccc3)nc2s1. The highest BCUT2D eigenvalue weighted by Crippen LogP contribution is 2.30. The Bertz CT molecular complexity index is 962. The molecule has 0 aliphatic carbocycles. The van der Waals surface area contributed by atoms with Crippen molar-refractivity contribution >= 4 is 33.1 Å². The highest BCUT2D eigenvalue weighted by molar-refractivity contribution is 7.18. The lowest BCUT2D eigenvalue weighted by Crippen LogP contribution is -2.01. The summed E-state index contributed by atoms with van der Waals surface area (Å²) < 4.78 is 0. The summed E-state index contributed by atoms with van der Waals surface area (Å²) in [7, 11) is 0. The monoisotopic (exact) mass is 331 g/mol. The Labute approximate surface area is 145 Å². The first kappa shape index (κ1) is 14.8. The van der Waals surface area contributed by atoms with Crippen LogP contribution in [0.1, 0.15) is 16.3 Å². The molecule has 4 heteroatoms. The number of benzene rings is 2. The number of para-hydroxylation sites is 1. The maximum Gasteiger partial charge on any atom is 0.142 e. The summed E-state index contributed by atoms with van der Waals surface area (Å²) in [5.41, 5.74) is 2.25. The number of aromatic nitrogens is 2. The topological polar surface area (TPSA) is 37.8 Å². The summed E-state index contributed by atoms with van der Waals surface area (Å²) in [6, 6.07) is 22.6. The highest BCUT2D eigenvalue weighted by atomic mass is 32.1. The molecule has 2 heterocycles. The number of aryl methyl sites for hydroxylation is 1. The van der Waals surface area contributed by atoms with E-state index in [1.165, 1.54) is 10.4 Å². The minimum Gasteiger partial charge on any atom is -0.340 e. The van der Waals surface area contributed by atoms with E-state index in [9.17, 15) is 0 Å². The molecular formula is C20H17N3S. The number of nitrogens with one attached hydrogen (secondary N) is 1. The van der Waals surface area contributed by atoms with Crippen LogP contribution < -0.4 is 5.32 Å². The summed E-state index contributed by atoms with van der Waals surface area (Å²) >= 11 is 1.71. The molecular weight excluding hydrogens is 314 g/mol. The first-order valence-electron chi connectivity index (χ1n) is 7.91. The second-order valence-corrected chi connectivity index (χ2v) is 6.95. The van der Waals surface area contributed by atoms with Crippen LogP contribution in [0.5, 0.6) is 0 Å². The highest BCUT2D eigenvalue weighted by Gasteiger charge is 2.11. The predicted octanol–water partition coefficient (Wildman–Crippen LogP) is 5.33. The Morgan fingerprint density at radius 1 is 0.917 bits per heavy atom. The van der Waals surface area contributed by atoms with Gasteiger partial charge in [0, 0.05) is 17.0 Å². The minimum absolute atomic E-state index is 0.733. The van der Waals surface area contributed by atoms with Crippen molar-refractivity contribution in [1.29, 1.82) is 0 Å². The van der Waals surface area contributed by atoms with Gasteiger partial charge >= 0.3 is 0 Å². The van der Waals surface area contributed by atoms with Gasteiger partial charge in [0.05, 0.1) is 5.39 Å². The molecule has 2 aromatic heterocycles.